The van der Waals surface area contributed by atoms with E-state index < -0.39 is 10.0 Å². The summed E-state index contributed by atoms with van der Waals surface area (Å²) in [6.07, 6.45) is 0. The standard InChI is InChI=1S/C18H16ClN3O3S2/c19-13-5-7-14(8-6-13)27(24,25)22-11-9-21(10-12-22)18(23)17-20-15-3-1-2-4-16(15)26-17/h1-8H,9-12H2. The van der Waals surface area contributed by atoms with Crippen LogP contribution >= 0.6 is 22.9 Å². The Bertz CT molecular complexity index is 1060. The molecule has 0 bridgehead atoms. The van der Waals surface area contributed by atoms with Gasteiger partial charge in [-0.15, -0.1) is 11.3 Å². The van der Waals surface area contributed by atoms with Crippen molar-refractivity contribution in [2.24, 2.45) is 0 Å². The molecular formula is C18H16ClN3O3S2. The van der Waals surface area contributed by atoms with Crippen molar-refractivity contribution in [1.82, 2.24) is 14.2 Å². The van der Waals surface area contributed by atoms with Crippen LogP contribution in [-0.4, -0.2) is 54.7 Å². The molecule has 2 heterocycles. The molecule has 0 aliphatic carbocycles. The van der Waals surface area contributed by atoms with Crippen LogP contribution in [0.1, 0.15) is 9.80 Å². The van der Waals surface area contributed by atoms with E-state index in [2.05, 4.69) is 4.98 Å². The first-order valence-corrected chi connectivity index (χ1v) is 11.0. The number of piperazine rings is 1. The topological polar surface area (TPSA) is 70.6 Å². The molecule has 1 amide bonds. The third-order valence-corrected chi connectivity index (χ3v) is 7.64. The van der Waals surface area contributed by atoms with Gasteiger partial charge in [0, 0.05) is 31.2 Å². The molecule has 2 aromatic carbocycles. The summed E-state index contributed by atoms with van der Waals surface area (Å²) in [4.78, 5) is 19.0. The van der Waals surface area contributed by atoms with Crippen molar-refractivity contribution in [1.29, 1.82) is 0 Å². The van der Waals surface area contributed by atoms with Gasteiger partial charge in [0.1, 0.15) is 0 Å². The molecule has 140 valence electrons. The molecule has 0 unspecified atom stereocenters. The van der Waals surface area contributed by atoms with E-state index in [0.717, 1.165) is 10.2 Å². The minimum absolute atomic E-state index is 0.153. The third-order valence-electron chi connectivity index (χ3n) is 4.45. The number of thiazole rings is 1. The Kier molecular flexibility index (Phi) is 4.90. The van der Waals surface area contributed by atoms with E-state index in [9.17, 15) is 13.2 Å². The summed E-state index contributed by atoms with van der Waals surface area (Å²) >= 11 is 7.19. The van der Waals surface area contributed by atoms with Gasteiger partial charge in [0.2, 0.25) is 10.0 Å². The lowest BCUT2D eigenvalue weighted by Crippen LogP contribution is -2.50. The van der Waals surface area contributed by atoms with Gasteiger partial charge < -0.3 is 4.90 Å². The minimum atomic E-state index is -3.59. The Morgan fingerprint density at radius 2 is 1.67 bits per heavy atom. The second kappa shape index (κ2) is 7.20. The summed E-state index contributed by atoms with van der Waals surface area (Å²) in [5.41, 5.74) is 0.801. The molecule has 27 heavy (non-hydrogen) atoms. The summed E-state index contributed by atoms with van der Waals surface area (Å²) in [7, 11) is -3.59. The Labute approximate surface area is 166 Å². The Morgan fingerprint density at radius 1 is 1.00 bits per heavy atom. The normalized spacial score (nSPS) is 16.0. The van der Waals surface area contributed by atoms with Gasteiger partial charge in [-0.25, -0.2) is 13.4 Å². The predicted molar refractivity (Wildman–Crippen MR) is 106 cm³/mol. The van der Waals surface area contributed by atoms with Crippen LogP contribution in [0.25, 0.3) is 10.2 Å². The summed E-state index contributed by atoms with van der Waals surface area (Å²) in [5, 5.41) is 0.922. The van der Waals surface area contributed by atoms with Crippen LogP contribution in [0.4, 0.5) is 0 Å². The number of amides is 1. The molecule has 1 aromatic heterocycles. The first-order valence-electron chi connectivity index (χ1n) is 8.36. The fraction of sp³-hybridized carbons (Fsp3) is 0.222. The van der Waals surface area contributed by atoms with E-state index in [4.69, 9.17) is 11.6 Å². The van der Waals surface area contributed by atoms with E-state index in [0.29, 0.717) is 23.1 Å². The quantitative estimate of drug-likeness (QED) is 0.651. The van der Waals surface area contributed by atoms with E-state index in [-0.39, 0.29) is 23.9 Å². The smallest absolute Gasteiger partial charge is 0.282 e. The highest BCUT2D eigenvalue weighted by Crippen LogP contribution is 2.24. The molecule has 0 saturated carbocycles. The number of hydrogen-bond donors (Lipinski definition) is 0. The van der Waals surface area contributed by atoms with Gasteiger partial charge in [-0.2, -0.15) is 4.31 Å². The zero-order chi connectivity index (χ0) is 19.0. The number of nitrogens with zero attached hydrogens (tertiary/aromatic N) is 3. The van der Waals surface area contributed by atoms with Crippen molar-refractivity contribution < 1.29 is 13.2 Å². The monoisotopic (exact) mass is 421 g/mol. The number of halogens is 1. The zero-order valence-corrected chi connectivity index (χ0v) is 16.6. The fourth-order valence-corrected chi connectivity index (χ4v) is 5.47. The van der Waals surface area contributed by atoms with Gasteiger partial charge in [0.15, 0.2) is 5.01 Å². The summed E-state index contributed by atoms with van der Waals surface area (Å²) in [5.74, 6) is -0.153. The number of carbonyl (C=O) groups is 1. The Hall–Kier alpha value is -2.00. The molecule has 1 aliphatic heterocycles. The van der Waals surface area contributed by atoms with Crippen molar-refractivity contribution in [3.05, 3.63) is 58.6 Å². The van der Waals surface area contributed by atoms with Crippen molar-refractivity contribution in [3.8, 4) is 0 Å². The number of benzene rings is 2. The van der Waals surface area contributed by atoms with E-state index >= 15 is 0 Å². The molecule has 1 aliphatic rings. The maximum absolute atomic E-state index is 12.7. The third kappa shape index (κ3) is 3.58. The highest BCUT2D eigenvalue weighted by atomic mass is 35.5. The first kappa shape index (κ1) is 18.4. The molecule has 0 atom stereocenters. The lowest BCUT2D eigenvalue weighted by atomic mass is 10.3. The van der Waals surface area contributed by atoms with Crippen LogP contribution in [-0.2, 0) is 10.0 Å². The fourth-order valence-electron chi connectivity index (χ4n) is 2.99. The molecule has 9 heteroatoms. The number of fused-ring (bicyclic) bond motifs is 1. The minimum Gasteiger partial charge on any atom is -0.334 e. The van der Waals surface area contributed by atoms with Gasteiger partial charge in [-0.05, 0) is 36.4 Å². The van der Waals surface area contributed by atoms with Crippen LogP contribution in [0.3, 0.4) is 0 Å². The van der Waals surface area contributed by atoms with Crippen LogP contribution in [0, 0.1) is 0 Å². The molecule has 0 radical (unpaired) electrons. The van der Waals surface area contributed by atoms with Crippen molar-refractivity contribution in [2.45, 2.75) is 4.90 Å². The van der Waals surface area contributed by atoms with Gasteiger partial charge >= 0.3 is 0 Å². The summed E-state index contributed by atoms with van der Waals surface area (Å²) in [6.45, 7) is 1.17. The number of para-hydroxylation sites is 1. The number of carbonyl (C=O) groups excluding carboxylic acids is 1. The number of sulfonamides is 1. The lowest BCUT2D eigenvalue weighted by Gasteiger charge is -2.33. The molecular weight excluding hydrogens is 406 g/mol. The molecule has 0 spiro atoms. The van der Waals surface area contributed by atoms with Crippen molar-refractivity contribution in [2.75, 3.05) is 26.2 Å². The maximum atomic E-state index is 12.7. The molecule has 1 saturated heterocycles. The highest BCUT2D eigenvalue weighted by molar-refractivity contribution is 7.89. The number of hydrogen-bond acceptors (Lipinski definition) is 5. The summed E-state index contributed by atoms with van der Waals surface area (Å²) < 4.78 is 27.8. The highest BCUT2D eigenvalue weighted by Gasteiger charge is 2.31. The number of rotatable bonds is 3. The van der Waals surface area contributed by atoms with Crippen molar-refractivity contribution in [3.63, 3.8) is 0 Å². The molecule has 4 rings (SSSR count). The predicted octanol–water partition coefficient (Wildman–Crippen LogP) is 3.10. The van der Waals surface area contributed by atoms with Crippen LogP contribution in [0.15, 0.2) is 53.4 Å². The van der Waals surface area contributed by atoms with E-state index in [1.54, 1.807) is 17.0 Å². The largest absolute Gasteiger partial charge is 0.334 e. The second-order valence-electron chi connectivity index (χ2n) is 6.14. The van der Waals surface area contributed by atoms with Crippen molar-refractivity contribution >= 4 is 49.1 Å². The van der Waals surface area contributed by atoms with E-state index in [1.165, 1.54) is 27.8 Å². The van der Waals surface area contributed by atoms with Crippen LogP contribution in [0.2, 0.25) is 5.02 Å². The summed E-state index contributed by atoms with van der Waals surface area (Å²) in [6, 6.07) is 13.7. The zero-order valence-electron chi connectivity index (χ0n) is 14.2. The molecule has 6 nitrogen and oxygen atoms in total. The average Bonchev–Trinajstić information content (AvgIpc) is 3.12. The van der Waals surface area contributed by atoms with Crippen LogP contribution < -0.4 is 0 Å². The van der Waals surface area contributed by atoms with Gasteiger partial charge in [-0.1, -0.05) is 23.7 Å². The van der Waals surface area contributed by atoms with Gasteiger partial charge in [0.05, 0.1) is 15.1 Å². The molecule has 1 fully saturated rings. The number of aromatic nitrogens is 1. The average molecular weight is 422 g/mol. The molecule has 0 N–H and O–H groups in total. The second-order valence-corrected chi connectivity index (χ2v) is 9.54. The van der Waals surface area contributed by atoms with Gasteiger partial charge in [0.25, 0.3) is 5.91 Å². The Balaban J connectivity index is 1.46. The SMILES string of the molecule is O=C(c1nc2ccccc2s1)N1CCN(S(=O)(=O)c2ccc(Cl)cc2)CC1. The first-order chi connectivity index (χ1) is 12.9. The molecule has 3 aromatic rings. The lowest BCUT2D eigenvalue weighted by molar-refractivity contribution is 0.0698. The van der Waals surface area contributed by atoms with Crippen LogP contribution in [0.5, 0.6) is 0 Å². The van der Waals surface area contributed by atoms with E-state index in [1.807, 2.05) is 24.3 Å². The Morgan fingerprint density at radius 3 is 2.33 bits per heavy atom. The van der Waals surface area contributed by atoms with Gasteiger partial charge in [-0.3, -0.25) is 4.79 Å². The maximum Gasteiger partial charge on any atom is 0.282 e.